The summed E-state index contributed by atoms with van der Waals surface area (Å²) in [6.45, 7) is 0.557. The molecule has 130 valence electrons. The first-order valence-corrected chi connectivity index (χ1v) is 8.84. The molecule has 0 aliphatic carbocycles. The highest BCUT2D eigenvalue weighted by Gasteiger charge is 2.29. The molecule has 1 aliphatic heterocycles. The standard InChI is InChI=1S/C19H19ClN2O2S/c1-24-16-8-4-14(5-9-16)17-12-18(23)22(19(25)21-17)11-10-13-2-6-15(20)7-3-13/h2-9,17H,10-12H2,1H3,(H,21,25). The average molecular weight is 375 g/mol. The number of nitrogens with one attached hydrogen (secondary N) is 1. The van der Waals surface area contributed by atoms with Crippen LogP contribution in [0.5, 0.6) is 5.75 Å². The van der Waals surface area contributed by atoms with Gasteiger partial charge < -0.3 is 10.1 Å². The molecule has 2 aromatic carbocycles. The molecule has 1 fully saturated rings. The van der Waals surface area contributed by atoms with E-state index < -0.39 is 0 Å². The number of amides is 1. The summed E-state index contributed by atoms with van der Waals surface area (Å²) in [6.07, 6.45) is 1.12. The van der Waals surface area contributed by atoms with Gasteiger partial charge in [0.25, 0.3) is 0 Å². The molecule has 1 aliphatic rings. The predicted octanol–water partition coefficient (Wildman–Crippen LogP) is 3.74. The van der Waals surface area contributed by atoms with Crippen LogP contribution in [0, 0.1) is 0 Å². The number of halogens is 1. The molecule has 1 saturated heterocycles. The van der Waals surface area contributed by atoms with E-state index in [1.807, 2.05) is 48.5 Å². The fraction of sp³-hybridized carbons (Fsp3) is 0.263. The molecule has 0 aromatic heterocycles. The first-order valence-electron chi connectivity index (χ1n) is 8.06. The average Bonchev–Trinajstić information content (AvgIpc) is 2.62. The summed E-state index contributed by atoms with van der Waals surface area (Å²) >= 11 is 11.3. The highest BCUT2D eigenvalue weighted by atomic mass is 35.5. The minimum atomic E-state index is -0.0994. The topological polar surface area (TPSA) is 41.6 Å². The van der Waals surface area contributed by atoms with Crippen molar-refractivity contribution in [3.63, 3.8) is 0 Å². The van der Waals surface area contributed by atoms with E-state index in [2.05, 4.69) is 5.32 Å². The van der Waals surface area contributed by atoms with Gasteiger partial charge in [0.15, 0.2) is 5.11 Å². The number of hydrogen-bond acceptors (Lipinski definition) is 3. The molecule has 1 heterocycles. The summed E-state index contributed by atoms with van der Waals surface area (Å²) in [7, 11) is 1.63. The van der Waals surface area contributed by atoms with Gasteiger partial charge >= 0.3 is 0 Å². The molecular weight excluding hydrogens is 356 g/mol. The van der Waals surface area contributed by atoms with E-state index in [-0.39, 0.29) is 11.9 Å². The van der Waals surface area contributed by atoms with Crippen molar-refractivity contribution < 1.29 is 9.53 Å². The molecule has 2 aromatic rings. The summed E-state index contributed by atoms with van der Waals surface area (Å²) in [4.78, 5) is 14.2. The van der Waals surface area contributed by atoms with Gasteiger partial charge in [-0.15, -0.1) is 0 Å². The Morgan fingerprint density at radius 2 is 1.88 bits per heavy atom. The van der Waals surface area contributed by atoms with Crippen LogP contribution in [0.4, 0.5) is 0 Å². The number of nitrogens with zero attached hydrogens (tertiary/aromatic N) is 1. The maximum Gasteiger partial charge on any atom is 0.231 e. The van der Waals surface area contributed by atoms with Gasteiger partial charge in [0.2, 0.25) is 5.91 Å². The molecule has 0 radical (unpaired) electrons. The number of hydrogen-bond donors (Lipinski definition) is 1. The van der Waals surface area contributed by atoms with E-state index in [4.69, 9.17) is 28.6 Å². The lowest BCUT2D eigenvalue weighted by atomic mass is 10.0. The van der Waals surface area contributed by atoms with Gasteiger partial charge in [-0.25, -0.2) is 0 Å². The Balaban J connectivity index is 1.62. The molecule has 0 spiro atoms. The van der Waals surface area contributed by atoms with Gasteiger partial charge in [0, 0.05) is 11.6 Å². The second kappa shape index (κ2) is 7.85. The predicted molar refractivity (Wildman–Crippen MR) is 103 cm³/mol. The van der Waals surface area contributed by atoms with Crippen molar-refractivity contribution in [2.45, 2.75) is 18.9 Å². The Hall–Kier alpha value is -2.11. The SMILES string of the molecule is COc1ccc(C2CC(=O)N(CCc3ccc(Cl)cc3)C(=S)N2)cc1. The number of thiocarbonyl (C=S) groups is 1. The van der Waals surface area contributed by atoms with Crippen LogP contribution in [-0.4, -0.2) is 29.6 Å². The molecular formula is C19H19ClN2O2S. The molecule has 25 heavy (non-hydrogen) atoms. The van der Waals surface area contributed by atoms with Crippen molar-refractivity contribution in [1.82, 2.24) is 10.2 Å². The van der Waals surface area contributed by atoms with E-state index in [1.54, 1.807) is 12.0 Å². The van der Waals surface area contributed by atoms with E-state index in [9.17, 15) is 4.79 Å². The molecule has 1 amide bonds. The molecule has 6 heteroatoms. The van der Waals surface area contributed by atoms with Crippen LogP contribution in [0.25, 0.3) is 0 Å². The molecule has 3 rings (SSSR count). The number of benzene rings is 2. The third-order valence-corrected chi connectivity index (χ3v) is 4.87. The zero-order valence-electron chi connectivity index (χ0n) is 13.9. The first-order chi connectivity index (χ1) is 12.1. The summed E-state index contributed by atoms with van der Waals surface area (Å²) in [6, 6.07) is 15.2. The molecule has 1 unspecified atom stereocenters. The number of carbonyl (C=O) groups excluding carboxylic acids is 1. The lowest BCUT2D eigenvalue weighted by molar-refractivity contribution is -0.129. The van der Waals surface area contributed by atoms with Crippen molar-refractivity contribution >= 4 is 34.8 Å². The molecule has 1 N–H and O–H groups in total. The maximum atomic E-state index is 12.5. The summed E-state index contributed by atoms with van der Waals surface area (Å²) < 4.78 is 5.17. The Morgan fingerprint density at radius 1 is 1.20 bits per heavy atom. The third kappa shape index (κ3) is 4.30. The quantitative estimate of drug-likeness (QED) is 0.809. The summed E-state index contributed by atoms with van der Waals surface area (Å²) in [5.41, 5.74) is 2.14. The second-order valence-corrected chi connectivity index (χ2v) is 6.72. The van der Waals surface area contributed by atoms with E-state index in [0.29, 0.717) is 23.1 Å². The number of ether oxygens (including phenoxy) is 1. The zero-order chi connectivity index (χ0) is 17.8. The Morgan fingerprint density at radius 3 is 2.48 bits per heavy atom. The first kappa shape index (κ1) is 17.7. The van der Waals surface area contributed by atoms with Crippen molar-refractivity contribution in [2.75, 3.05) is 13.7 Å². The largest absolute Gasteiger partial charge is 0.497 e. The Labute approximate surface area is 157 Å². The van der Waals surface area contributed by atoms with Crippen molar-refractivity contribution in [1.29, 1.82) is 0 Å². The van der Waals surface area contributed by atoms with Crippen LogP contribution < -0.4 is 10.1 Å². The highest BCUT2D eigenvalue weighted by molar-refractivity contribution is 7.80. The van der Waals surface area contributed by atoms with Gasteiger partial charge in [-0.3, -0.25) is 9.69 Å². The Bertz CT molecular complexity index is 744. The van der Waals surface area contributed by atoms with Crippen molar-refractivity contribution in [3.05, 3.63) is 64.7 Å². The Kier molecular flexibility index (Phi) is 5.56. The fourth-order valence-electron chi connectivity index (χ4n) is 2.83. The van der Waals surface area contributed by atoms with Crippen LogP contribution >= 0.6 is 23.8 Å². The van der Waals surface area contributed by atoms with Gasteiger partial charge in [-0.2, -0.15) is 0 Å². The van der Waals surface area contributed by atoms with E-state index >= 15 is 0 Å². The maximum absolute atomic E-state index is 12.5. The fourth-order valence-corrected chi connectivity index (χ4v) is 3.29. The minimum Gasteiger partial charge on any atom is -0.497 e. The van der Waals surface area contributed by atoms with E-state index in [0.717, 1.165) is 23.3 Å². The second-order valence-electron chi connectivity index (χ2n) is 5.90. The van der Waals surface area contributed by atoms with Crippen LogP contribution in [0.1, 0.15) is 23.6 Å². The van der Waals surface area contributed by atoms with Crippen molar-refractivity contribution in [3.8, 4) is 5.75 Å². The molecule has 0 bridgehead atoms. The lowest BCUT2D eigenvalue weighted by Crippen LogP contribution is -2.51. The molecule has 4 nitrogen and oxygen atoms in total. The lowest BCUT2D eigenvalue weighted by Gasteiger charge is -2.34. The molecule has 0 saturated carbocycles. The van der Waals surface area contributed by atoms with Gasteiger partial charge in [0.05, 0.1) is 19.6 Å². The van der Waals surface area contributed by atoms with Gasteiger partial charge in [-0.05, 0) is 54.0 Å². The minimum absolute atomic E-state index is 0.0403. The number of carbonyl (C=O) groups is 1. The molecule has 1 atom stereocenters. The third-order valence-electron chi connectivity index (χ3n) is 4.28. The van der Waals surface area contributed by atoms with Crippen molar-refractivity contribution in [2.24, 2.45) is 0 Å². The zero-order valence-corrected chi connectivity index (χ0v) is 15.4. The van der Waals surface area contributed by atoms with Gasteiger partial charge in [-0.1, -0.05) is 35.9 Å². The van der Waals surface area contributed by atoms with Crippen LogP contribution in [0.3, 0.4) is 0 Å². The normalized spacial score (nSPS) is 17.4. The van der Waals surface area contributed by atoms with Crippen LogP contribution in [-0.2, 0) is 11.2 Å². The van der Waals surface area contributed by atoms with Crippen LogP contribution in [0.2, 0.25) is 5.02 Å². The van der Waals surface area contributed by atoms with E-state index in [1.165, 1.54) is 0 Å². The highest BCUT2D eigenvalue weighted by Crippen LogP contribution is 2.24. The summed E-state index contributed by atoms with van der Waals surface area (Å²) in [5, 5.41) is 4.45. The monoisotopic (exact) mass is 374 g/mol. The number of rotatable bonds is 5. The number of methoxy groups -OCH3 is 1. The smallest absolute Gasteiger partial charge is 0.231 e. The van der Waals surface area contributed by atoms with Crippen LogP contribution in [0.15, 0.2) is 48.5 Å². The van der Waals surface area contributed by atoms with Gasteiger partial charge in [0.1, 0.15) is 5.75 Å². The summed E-state index contributed by atoms with van der Waals surface area (Å²) in [5.74, 6) is 0.830.